The first kappa shape index (κ1) is 15.9. The molecule has 0 spiro atoms. The second-order valence-corrected chi connectivity index (χ2v) is 4.12. The van der Waals surface area contributed by atoms with Crippen LogP contribution >= 0.6 is 0 Å². The van der Waals surface area contributed by atoms with E-state index in [1.54, 1.807) is 6.92 Å². The number of benzene rings is 1. The molecule has 1 aromatic carbocycles. The number of oxazole rings is 1. The van der Waals surface area contributed by atoms with Crippen molar-refractivity contribution in [3.8, 4) is 11.7 Å². The number of ether oxygens (including phenoxy) is 1. The summed E-state index contributed by atoms with van der Waals surface area (Å²) in [6.07, 6.45) is 2.31. The van der Waals surface area contributed by atoms with Gasteiger partial charge in [0.1, 0.15) is 11.9 Å². The van der Waals surface area contributed by atoms with Gasteiger partial charge in [0.25, 0.3) is 11.6 Å². The van der Waals surface area contributed by atoms with E-state index >= 15 is 0 Å². The molecule has 0 aliphatic heterocycles. The molecular formula is C13H12N4O6. The van der Waals surface area contributed by atoms with Gasteiger partial charge in [0.15, 0.2) is 0 Å². The highest BCUT2D eigenvalue weighted by Crippen LogP contribution is 2.21. The van der Waals surface area contributed by atoms with Crippen LogP contribution in [0.25, 0.3) is 0 Å². The molecule has 0 fully saturated rings. The van der Waals surface area contributed by atoms with Gasteiger partial charge in [0.2, 0.25) is 0 Å². The van der Waals surface area contributed by atoms with Gasteiger partial charge in [-0.25, -0.2) is 10.4 Å². The minimum atomic E-state index is -0.739. The van der Waals surface area contributed by atoms with Crippen LogP contribution in [0.2, 0.25) is 0 Å². The smallest absolute Gasteiger partial charge is 0.327 e. The highest BCUT2D eigenvalue weighted by molar-refractivity contribution is 5.91. The minimum Gasteiger partial charge on any atom is -0.507 e. The maximum Gasteiger partial charge on any atom is 0.327 e. The van der Waals surface area contributed by atoms with Crippen molar-refractivity contribution in [3.05, 3.63) is 46.0 Å². The second kappa shape index (κ2) is 7.02. The number of hydrazone groups is 1. The average molecular weight is 320 g/mol. The Morgan fingerprint density at radius 1 is 1.61 bits per heavy atom. The number of nitro benzene ring substituents is 1. The van der Waals surface area contributed by atoms with E-state index < -0.39 is 10.8 Å². The second-order valence-electron chi connectivity index (χ2n) is 4.12. The van der Waals surface area contributed by atoms with E-state index in [2.05, 4.69) is 15.5 Å². The number of hydrogen-bond acceptors (Lipinski definition) is 8. The van der Waals surface area contributed by atoms with Gasteiger partial charge < -0.3 is 14.3 Å². The van der Waals surface area contributed by atoms with Crippen LogP contribution in [0.5, 0.6) is 11.7 Å². The number of nitrogens with one attached hydrogen (secondary N) is 1. The van der Waals surface area contributed by atoms with Crippen molar-refractivity contribution in [2.45, 2.75) is 6.92 Å². The molecule has 10 nitrogen and oxygen atoms in total. The van der Waals surface area contributed by atoms with Gasteiger partial charge >= 0.3 is 11.9 Å². The van der Waals surface area contributed by atoms with E-state index in [4.69, 9.17) is 9.15 Å². The van der Waals surface area contributed by atoms with E-state index in [1.807, 2.05) is 0 Å². The maximum absolute atomic E-state index is 11.7. The lowest BCUT2D eigenvalue weighted by Gasteiger charge is -1.99. The Balaban J connectivity index is 2.04. The van der Waals surface area contributed by atoms with Gasteiger partial charge in [-0.3, -0.25) is 14.9 Å². The molecule has 0 saturated heterocycles. The molecule has 2 N–H and O–H groups in total. The monoisotopic (exact) mass is 320 g/mol. The number of nitro groups is 1. The van der Waals surface area contributed by atoms with Crippen LogP contribution in [-0.4, -0.2) is 33.7 Å². The predicted octanol–water partition coefficient (Wildman–Crippen LogP) is 1.45. The third kappa shape index (κ3) is 4.03. The van der Waals surface area contributed by atoms with Crippen molar-refractivity contribution in [2.24, 2.45) is 5.10 Å². The molecule has 0 bridgehead atoms. The lowest BCUT2D eigenvalue weighted by Crippen LogP contribution is -2.17. The summed E-state index contributed by atoms with van der Waals surface area (Å²) in [5.74, 6) is -1.12. The summed E-state index contributed by atoms with van der Waals surface area (Å²) in [5, 5.41) is 23.8. The standard InChI is InChI=1S/C13H12N4O6/c1-2-22-11-7-14-13(23-11)12(19)16-15-6-8-5-9(17(20)21)3-4-10(8)18/h3-7,18H,2H2,1H3,(H,16,19). The first-order chi connectivity index (χ1) is 11.0. The highest BCUT2D eigenvalue weighted by atomic mass is 16.6. The summed E-state index contributed by atoms with van der Waals surface area (Å²) < 4.78 is 10.0. The summed E-state index contributed by atoms with van der Waals surface area (Å²) in [6.45, 7) is 2.11. The summed E-state index contributed by atoms with van der Waals surface area (Å²) in [4.78, 5) is 25.5. The van der Waals surface area contributed by atoms with Crippen molar-refractivity contribution in [1.29, 1.82) is 0 Å². The molecule has 0 aliphatic rings. The molecule has 0 unspecified atom stereocenters. The van der Waals surface area contributed by atoms with Crippen molar-refractivity contribution >= 4 is 17.8 Å². The molecule has 1 aromatic heterocycles. The Kier molecular flexibility index (Phi) is 4.87. The van der Waals surface area contributed by atoms with E-state index in [1.165, 1.54) is 6.20 Å². The molecule has 2 rings (SSSR count). The molecule has 0 radical (unpaired) electrons. The number of nitrogens with zero attached hydrogens (tertiary/aromatic N) is 3. The molecule has 0 saturated carbocycles. The largest absolute Gasteiger partial charge is 0.507 e. The fourth-order valence-corrected chi connectivity index (χ4v) is 1.54. The molecule has 0 aliphatic carbocycles. The quantitative estimate of drug-likeness (QED) is 0.466. The van der Waals surface area contributed by atoms with Crippen LogP contribution in [0.4, 0.5) is 5.69 Å². The zero-order valence-electron chi connectivity index (χ0n) is 11.9. The molecule has 1 amide bonds. The highest BCUT2D eigenvalue weighted by Gasteiger charge is 2.13. The Labute approximate surface area is 129 Å². The minimum absolute atomic E-state index is 0.0712. The Hall–Kier alpha value is -3.43. The Morgan fingerprint density at radius 2 is 2.39 bits per heavy atom. The molecule has 120 valence electrons. The number of aromatic hydroxyl groups is 1. The fourth-order valence-electron chi connectivity index (χ4n) is 1.54. The van der Waals surface area contributed by atoms with Crippen LogP contribution in [0.1, 0.15) is 23.2 Å². The zero-order chi connectivity index (χ0) is 16.8. The van der Waals surface area contributed by atoms with Crippen LogP contribution in [-0.2, 0) is 0 Å². The average Bonchev–Trinajstić information content (AvgIpc) is 2.98. The van der Waals surface area contributed by atoms with Gasteiger partial charge in [-0.15, -0.1) is 0 Å². The van der Waals surface area contributed by atoms with E-state index in [9.17, 15) is 20.0 Å². The number of phenolic OH excluding ortho intramolecular Hbond substituents is 1. The molecule has 1 heterocycles. The van der Waals surface area contributed by atoms with Crippen LogP contribution < -0.4 is 10.2 Å². The normalized spacial score (nSPS) is 10.7. The van der Waals surface area contributed by atoms with Crippen molar-refractivity contribution in [3.63, 3.8) is 0 Å². The maximum atomic E-state index is 11.7. The van der Waals surface area contributed by atoms with Crippen LogP contribution in [0, 0.1) is 10.1 Å². The molecule has 23 heavy (non-hydrogen) atoms. The van der Waals surface area contributed by atoms with Crippen LogP contribution in [0.15, 0.2) is 33.9 Å². The Morgan fingerprint density at radius 3 is 3.09 bits per heavy atom. The number of non-ortho nitro benzene ring substituents is 1. The number of hydrogen-bond donors (Lipinski definition) is 2. The summed E-state index contributed by atoms with van der Waals surface area (Å²) >= 11 is 0. The third-order valence-electron chi connectivity index (χ3n) is 2.56. The lowest BCUT2D eigenvalue weighted by molar-refractivity contribution is -0.384. The van der Waals surface area contributed by atoms with Gasteiger partial charge in [0, 0.05) is 17.7 Å². The van der Waals surface area contributed by atoms with Crippen LogP contribution in [0.3, 0.4) is 0 Å². The first-order valence-electron chi connectivity index (χ1n) is 6.40. The van der Waals surface area contributed by atoms with Gasteiger partial charge in [-0.2, -0.15) is 5.10 Å². The zero-order valence-corrected chi connectivity index (χ0v) is 11.9. The number of aromatic nitrogens is 1. The SMILES string of the molecule is CCOc1cnc(C(=O)NN=Cc2cc([N+](=O)[O-])ccc2O)o1. The van der Waals surface area contributed by atoms with Gasteiger partial charge in [-0.05, 0) is 13.0 Å². The predicted molar refractivity (Wildman–Crippen MR) is 77.5 cm³/mol. The topological polar surface area (TPSA) is 140 Å². The summed E-state index contributed by atoms with van der Waals surface area (Å²) in [7, 11) is 0. The van der Waals surface area contributed by atoms with Gasteiger partial charge in [0.05, 0.1) is 17.7 Å². The summed E-state index contributed by atoms with van der Waals surface area (Å²) in [5.41, 5.74) is 1.97. The van der Waals surface area contributed by atoms with Crippen molar-refractivity contribution < 1.29 is 24.0 Å². The van der Waals surface area contributed by atoms with Crippen molar-refractivity contribution in [2.75, 3.05) is 6.61 Å². The molecular weight excluding hydrogens is 308 g/mol. The lowest BCUT2D eigenvalue weighted by atomic mass is 10.2. The fraction of sp³-hybridized carbons (Fsp3) is 0.154. The van der Waals surface area contributed by atoms with Crippen molar-refractivity contribution in [1.82, 2.24) is 10.4 Å². The number of carbonyl (C=O) groups excluding carboxylic acids is 1. The Bertz CT molecular complexity index is 755. The summed E-state index contributed by atoms with van der Waals surface area (Å²) in [6, 6.07) is 3.42. The van der Waals surface area contributed by atoms with E-state index in [-0.39, 0.29) is 28.8 Å². The first-order valence-corrected chi connectivity index (χ1v) is 6.40. The van der Waals surface area contributed by atoms with Gasteiger partial charge in [-0.1, -0.05) is 0 Å². The van der Waals surface area contributed by atoms with E-state index in [0.717, 1.165) is 24.4 Å². The molecule has 2 aromatic rings. The number of amides is 1. The molecule has 10 heteroatoms. The van der Waals surface area contributed by atoms with E-state index in [0.29, 0.717) is 6.61 Å². The number of rotatable bonds is 6. The number of carbonyl (C=O) groups is 1. The number of phenols is 1. The third-order valence-corrected chi connectivity index (χ3v) is 2.56. The molecule has 0 atom stereocenters.